The van der Waals surface area contributed by atoms with Gasteiger partial charge in [0.05, 0.1) is 0 Å². The van der Waals surface area contributed by atoms with Crippen molar-refractivity contribution in [2.45, 2.75) is 0 Å². The second-order valence-electron chi connectivity index (χ2n) is 0.247. The summed E-state index contributed by atoms with van der Waals surface area (Å²) in [5.41, 5.74) is 0. The second kappa shape index (κ2) is 7.21. The Morgan fingerprint density at radius 2 is 1.00 bits per heavy atom. The molecule has 25 valence electrons. The molecule has 0 spiro atoms. The van der Waals surface area contributed by atoms with Gasteiger partial charge in [-0.1, -0.05) is 0 Å². The molecular weight excluding hydrogens is 219 g/mol. The van der Waals surface area contributed by atoms with Crippen LogP contribution in [0.5, 0.6) is 0 Å². The van der Waals surface area contributed by atoms with Crippen molar-refractivity contribution in [2.75, 3.05) is 0 Å². The van der Waals surface area contributed by atoms with E-state index < -0.39 is 11.4 Å². The quantitative estimate of drug-likeness (QED) is 0.538. The first kappa shape index (κ1) is 11.1. The van der Waals surface area contributed by atoms with Crippen LogP contribution in [0, 0.1) is 0 Å². The Morgan fingerprint density at radius 3 is 1.00 bits per heavy atom. The largest absolute Gasteiger partial charge is 0.643 e. The van der Waals surface area contributed by atoms with Crippen LogP contribution >= 0.6 is 30.1 Å². The molecule has 0 saturated heterocycles. The van der Waals surface area contributed by atoms with Crippen LogP contribution in [-0.4, -0.2) is 69.6 Å². The molecule has 0 atom stereocenters. The molecule has 0 aromatic rings. The van der Waals surface area contributed by atoms with Crippen molar-refractivity contribution in [1.29, 1.82) is 0 Å². The Hall–Kier alpha value is 3.21. The maximum Gasteiger partial charge on any atom is 0.643 e. The molecule has 1 radical (unpaired) electrons. The van der Waals surface area contributed by atoms with E-state index in [4.69, 9.17) is 30.1 Å². The summed E-state index contributed by atoms with van der Waals surface area (Å²) in [6.45, 7) is 0. The van der Waals surface area contributed by atoms with Gasteiger partial charge in [0.25, 0.3) is 0 Å². The SMILES string of the molecule is [Cl][Al]([Cl])[Cl].[Rb]. The minimum atomic E-state index is -1.72. The van der Waals surface area contributed by atoms with E-state index in [2.05, 4.69) is 0 Å². The van der Waals surface area contributed by atoms with Crippen LogP contribution in [0.3, 0.4) is 0 Å². The standard InChI is InChI=1S/Al.3ClH.Rb/h;3*1H;/q+3;;;;/p-3. The zero-order valence-corrected chi connectivity index (χ0v) is 11.0. The number of halogens is 3. The average molecular weight is 219 g/mol. The molecule has 0 heterocycles. The molecule has 0 aromatic heterocycles. The normalized spacial score (nSPS) is 5.40. The molecular formula is AlCl3Rb. The van der Waals surface area contributed by atoms with Crippen molar-refractivity contribution >= 4 is 99.7 Å². The van der Waals surface area contributed by atoms with E-state index in [1.165, 1.54) is 0 Å². The molecule has 0 aromatic carbocycles. The second-order valence-corrected chi connectivity index (χ2v) is 6.68. The number of hydrogen-bond donors (Lipinski definition) is 0. The van der Waals surface area contributed by atoms with E-state index >= 15 is 0 Å². The van der Waals surface area contributed by atoms with Crippen molar-refractivity contribution in [3.8, 4) is 0 Å². The Morgan fingerprint density at radius 1 is 1.00 bits per heavy atom. The summed E-state index contributed by atoms with van der Waals surface area (Å²) < 4.78 is 0. The van der Waals surface area contributed by atoms with E-state index in [9.17, 15) is 0 Å². The van der Waals surface area contributed by atoms with Crippen LogP contribution in [0.15, 0.2) is 0 Å². The summed E-state index contributed by atoms with van der Waals surface area (Å²) in [7, 11) is 14.8. The van der Waals surface area contributed by atoms with Crippen molar-refractivity contribution in [3.05, 3.63) is 0 Å². The predicted octanol–water partition coefficient (Wildman–Crippen LogP) is 1.31. The fourth-order valence-corrected chi connectivity index (χ4v) is 0. The van der Waals surface area contributed by atoms with E-state index in [0.29, 0.717) is 0 Å². The van der Waals surface area contributed by atoms with E-state index in [1.807, 2.05) is 0 Å². The van der Waals surface area contributed by atoms with Crippen molar-refractivity contribution in [3.63, 3.8) is 0 Å². The van der Waals surface area contributed by atoms with Gasteiger partial charge in [0.15, 0.2) is 0 Å². The maximum absolute atomic E-state index is 4.94. The zero-order valence-electron chi connectivity index (χ0n) is 2.71. The molecule has 0 unspecified atom stereocenters. The molecule has 0 saturated carbocycles. The molecule has 5 heteroatoms. The zero-order chi connectivity index (χ0) is 3.58. The molecule has 0 amide bonds. The molecule has 0 aliphatic rings. The van der Waals surface area contributed by atoms with Gasteiger partial charge in [0.1, 0.15) is 0 Å². The van der Waals surface area contributed by atoms with Crippen LogP contribution in [0.25, 0.3) is 0 Å². The van der Waals surface area contributed by atoms with Gasteiger partial charge in [-0.15, -0.1) is 0 Å². The first-order valence-corrected chi connectivity index (χ1v) is 5.89. The minimum absolute atomic E-state index is 0. The summed E-state index contributed by atoms with van der Waals surface area (Å²) in [6.07, 6.45) is 0. The Bertz CT molecular complexity index is 11.6. The fourth-order valence-electron chi connectivity index (χ4n) is 0. The first-order chi connectivity index (χ1) is 1.73. The van der Waals surface area contributed by atoms with Gasteiger partial charge >= 0.3 is 11.4 Å². The number of hydrogen-bond acceptors (Lipinski definition) is 0. The maximum atomic E-state index is 4.94. The van der Waals surface area contributed by atoms with Gasteiger partial charge < -0.3 is 0 Å². The monoisotopic (exact) mass is 217 g/mol. The summed E-state index contributed by atoms with van der Waals surface area (Å²) in [6, 6.07) is 0. The van der Waals surface area contributed by atoms with E-state index in [0.717, 1.165) is 0 Å². The Kier molecular flexibility index (Phi) is 16.0. The van der Waals surface area contributed by atoms with Gasteiger partial charge in [-0.3, -0.25) is 0 Å². The van der Waals surface area contributed by atoms with Crippen molar-refractivity contribution in [1.82, 2.24) is 0 Å². The summed E-state index contributed by atoms with van der Waals surface area (Å²) in [5.74, 6) is 0. The van der Waals surface area contributed by atoms with Crippen LogP contribution in [0.1, 0.15) is 0 Å². The van der Waals surface area contributed by atoms with E-state index in [-0.39, 0.29) is 58.2 Å². The third-order valence-corrected chi connectivity index (χ3v) is 0. The third-order valence-electron chi connectivity index (χ3n) is 0. The Labute approximate surface area is 96.9 Å². The van der Waals surface area contributed by atoms with Gasteiger partial charge in [-0.2, -0.15) is 0 Å². The van der Waals surface area contributed by atoms with Crippen LogP contribution in [0.2, 0.25) is 0 Å². The van der Waals surface area contributed by atoms with Gasteiger partial charge in [-0.05, 0) is 0 Å². The van der Waals surface area contributed by atoms with Gasteiger partial charge in [0, 0.05) is 58.2 Å². The van der Waals surface area contributed by atoms with Gasteiger partial charge in [0.2, 0.25) is 0 Å². The molecule has 0 aliphatic carbocycles. The molecule has 0 aliphatic heterocycles. The average Bonchev–Trinajstić information content (AvgIpc) is 0.811. The first-order valence-electron chi connectivity index (χ1n) is 0.655. The molecule has 0 bridgehead atoms. The summed E-state index contributed by atoms with van der Waals surface area (Å²) in [4.78, 5) is 0. The van der Waals surface area contributed by atoms with Crippen molar-refractivity contribution < 1.29 is 0 Å². The molecule has 0 nitrogen and oxygen atoms in total. The Balaban J connectivity index is 0. The predicted molar refractivity (Wildman–Crippen MR) is 29.1 cm³/mol. The van der Waals surface area contributed by atoms with Crippen LogP contribution in [0.4, 0.5) is 0 Å². The van der Waals surface area contributed by atoms with Gasteiger partial charge in [-0.25, -0.2) is 30.1 Å². The molecule has 5 heavy (non-hydrogen) atoms. The third kappa shape index (κ3) is 19.0. The smallest absolute Gasteiger partial charge is 0.214 e. The van der Waals surface area contributed by atoms with Crippen LogP contribution in [-0.2, 0) is 0 Å². The molecule has 0 fully saturated rings. The minimum Gasteiger partial charge on any atom is -0.214 e. The summed E-state index contributed by atoms with van der Waals surface area (Å²) in [5, 5.41) is 0. The number of rotatable bonds is 0. The van der Waals surface area contributed by atoms with Crippen molar-refractivity contribution in [2.24, 2.45) is 0 Å². The summed E-state index contributed by atoms with van der Waals surface area (Å²) >= 11 is -1.72. The fraction of sp³-hybridized carbons (Fsp3) is 0. The topological polar surface area (TPSA) is 0 Å². The van der Waals surface area contributed by atoms with Crippen LogP contribution < -0.4 is 0 Å². The molecule has 0 rings (SSSR count). The molecule has 0 N–H and O–H groups in total. The van der Waals surface area contributed by atoms with E-state index in [1.54, 1.807) is 0 Å².